The van der Waals surface area contributed by atoms with E-state index < -0.39 is 9.84 Å². The molecule has 1 aromatic carbocycles. The molecule has 4 aliphatic carbocycles. The van der Waals surface area contributed by atoms with Crippen LogP contribution >= 0.6 is 0 Å². The van der Waals surface area contributed by atoms with Gasteiger partial charge < -0.3 is 4.74 Å². The summed E-state index contributed by atoms with van der Waals surface area (Å²) in [5.41, 5.74) is 0.999. The molecule has 0 amide bonds. The standard InChI is InChI=1S/C26H38O3S/c1-25-15-13-23-22(12-7-18-6-4-5-14-26(18,23)2)24(25)16-20(17-25)29-19-8-10-21(11-9-19)30(3,27)28/h8-11,18,20,22-24H,4-7,12-17H2,1-3H3/t18?,20?,22-,23-,24+,25-,26+/m1/s1. The van der Waals surface area contributed by atoms with Gasteiger partial charge >= 0.3 is 0 Å². The molecule has 0 aromatic heterocycles. The molecule has 0 N–H and O–H groups in total. The normalized spacial score (nSPS) is 43.4. The molecule has 166 valence electrons. The van der Waals surface area contributed by atoms with Crippen LogP contribution in [0.1, 0.15) is 78.1 Å². The second kappa shape index (κ2) is 7.25. The average molecular weight is 431 g/mol. The van der Waals surface area contributed by atoms with E-state index >= 15 is 0 Å². The first kappa shape index (κ1) is 20.8. The third-order valence-corrected chi connectivity index (χ3v) is 11.0. The molecule has 7 atom stereocenters. The van der Waals surface area contributed by atoms with Crippen molar-refractivity contribution in [2.75, 3.05) is 6.26 Å². The molecule has 4 heteroatoms. The van der Waals surface area contributed by atoms with E-state index in [9.17, 15) is 8.42 Å². The molecule has 2 unspecified atom stereocenters. The summed E-state index contributed by atoms with van der Waals surface area (Å²) in [7, 11) is -3.16. The Kier molecular flexibility index (Phi) is 5.04. The van der Waals surface area contributed by atoms with E-state index in [1.165, 1.54) is 64.0 Å². The Bertz CT molecular complexity index is 891. The van der Waals surface area contributed by atoms with Gasteiger partial charge in [0, 0.05) is 6.26 Å². The minimum atomic E-state index is -3.16. The number of rotatable bonds is 3. The van der Waals surface area contributed by atoms with E-state index in [0.29, 0.717) is 15.7 Å². The zero-order valence-electron chi connectivity index (χ0n) is 18.9. The molecule has 0 heterocycles. The van der Waals surface area contributed by atoms with Crippen LogP contribution in [0.3, 0.4) is 0 Å². The van der Waals surface area contributed by atoms with Gasteiger partial charge in [-0.05, 0) is 110 Å². The summed E-state index contributed by atoms with van der Waals surface area (Å²) < 4.78 is 29.9. The maximum atomic E-state index is 11.7. The lowest BCUT2D eigenvalue weighted by Crippen LogP contribution is -2.51. The predicted molar refractivity (Wildman–Crippen MR) is 120 cm³/mol. The lowest BCUT2D eigenvalue weighted by Gasteiger charge is -2.59. The number of fused-ring (bicyclic) bond motifs is 5. The predicted octanol–water partition coefficient (Wildman–Crippen LogP) is 6.27. The first-order chi connectivity index (χ1) is 14.2. The van der Waals surface area contributed by atoms with Crippen LogP contribution in [0.2, 0.25) is 0 Å². The van der Waals surface area contributed by atoms with E-state index in [4.69, 9.17) is 4.74 Å². The van der Waals surface area contributed by atoms with Crippen molar-refractivity contribution >= 4 is 9.84 Å². The van der Waals surface area contributed by atoms with Gasteiger partial charge in [-0.25, -0.2) is 8.42 Å². The van der Waals surface area contributed by atoms with Crippen molar-refractivity contribution in [3.05, 3.63) is 24.3 Å². The zero-order chi connectivity index (χ0) is 21.1. The molecule has 5 rings (SSSR count). The van der Waals surface area contributed by atoms with E-state index in [2.05, 4.69) is 13.8 Å². The second-order valence-electron chi connectivity index (χ2n) is 11.5. The first-order valence-electron chi connectivity index (χ1n) is 12.2. The molecule has 30 heavy (non-hydrogen) atoms. The van der Waals surface area contributed by atoms with Crippen molar-refractivity contribution in [3.63, 3.8) is 0 Å². The Balaban J connectivity index is 1.32. The third kappa shape index (κ3) is 3.42. The smallest absolute Gasteiger partial charge is 0.175 e. The van der Waals surface area contributed by atoms with Gasteiger partial charge in [-0.2, -0.15) is 0 Å². The second-order valence-corrected chi connectivity index (χ2v) is 13.5. The molecule has 0 saturated heterocycles. The number of ether oxygens (including phenoxy) is 1. The van der Waals surface area contributed by atoms with E-state index in [1.807, 2.05) is 12.1 Å². The Hall–Kier alpha value is -1.03. The minimum absolute atomic E-state index is 0.264. The molecule has 1 aromatic rings. The summed E-state index contributed by atoms with van der Waals surface area (Å²) in [6.45, 7) is 5.17. The van der Waals surface area contributed by atoms with Gasteiger partial charge in [-0.1, -0.05) is 26.7 Å². The number of hydrogen-bond donors (Lipinski definition) is 0. The van der Waals surface area contributed by atoms with Gasteiger partial charge in [0.05, 0.1) is 11.0 Å². The van der Waals surface area contributed by atoms with Gasteiger partial charge in [-0.3, -0.25) is 0 Å². The van der Waals surface area contributed by atoms with Gasteiger partial charge in [0.1, 0.15) is 5.75 Å². The SMILES string of the molecule is C[C@]12CC[C@@H]3[C@@H](CCC4CCCC[C@@]43C)[C@@H]1CC(Oc1ccc(S(C)(=O)=O)cc1)C2. The van der Waals surface area contributed by atoms with Crippen LogP contribution in [0.4, 0.5) is 0 Å². The minimum Gasteiger partial charge on any atom is -0.490 e. The Morgan fingerprint density at radius 1 is 0.933 bits per heavy atom. The van der Waals surface area contributed by atoms with E-state index in [-0.39, 0.29) is 6.10 Å². The molecule has 4 aliphatic rings. The fourth-order valence-corrected chi connectivity index (χ4v) is 8.97. The Morgan fingerprint density at radius 3 is 2.43 bits per heavy atom. The quantitative estimate of drug-likeness (QED) is 0.567. The summed E-state index contributed by atoms with van der Waals surface area (Å²) >= 11 is 0. The summed E-state index contributed by atoms with van der Waals surface area (Å²) in [5, 5.41) is 0. The Labute approximate surface area is 182 Å². The van der Waals surface area contributed by atoms with Crippen molar-refractivity contribution < 1.29 is 13.2 Å². The van der Waals surface area contributed by atoms with Gasteiger partial charge in [0.2, 0.25) is 0 Å². The van der Waals surface area contributed by atoms with E-state index in [0.717, 1.165) is 35.8 Å². The highest BCUT2D eigenvalue weighted by Gasteiger charge is 2.59. The van der Waals surface area contributed by atoms with Crippen molar-refractivity contribution in [1.82, 2.24) is 0 Å². The summed E-state index contributed by atoms with van der Waals surface area (Å²) in [4.78, 5) is 0.363. The lowest BCUT2D eigenvalue weighted by atomic mass is 9.45. The Morgan fingerprint density at radius 2 is 1.70 bits per heavy atom. The molecule has 4 fully saturated rings. The van der Waals surface area contributed by atoms with Crippen LogP contribution in [0.15, 0.2) is 29.2 Å². The maximum absolute atomic E-state index is 11.7. The van der Waals surface area contributed by atoms with E-state index in [1.54, 1.807) is 12.1 Å². The van der Waals surface area contributed by atoms with Gasteiger partial charge in [-0.15, -0.1) is 0 Å². The van der Waals surface area contributed by atoms with Crippen molar-refractivity contribution in [3.8, 4) is 5.75 Å². The molecule has 0 bridgehead atoms. The zero-order valence-corrected chi connectivity index (χ0v) is 19.7. The summed E-state index contributed by atoms with van der Waals surface area (Å²) in [5.74, 6) is 4.37. The largest absolute Gasteiger partial charge is 0.490 e. The number of sulfone groups is 1. The maximum Gasteiger partial charge on any atom is 0.175 e. The van der Waals surface area contributed by atoms with Crippen molar-refractivity contribution in [2.24, 2.45) is 34.5 Å². The number of hydrogen-bond acceptors (Lipinski definition) is 3. The lowest BCUT2D eigenvalue weighted by molar-refractivity contribution is -0.103. The monoisotopic (exact) mass is 430 g/mol. The topological polar surface area (TPSA) is 43.4 Å². The molecule has 0 spiro atoms. The number of benzene rings is 1. The van der Waals surface area contributed by atoms with Crippen LogP contribution in [0.25, 0.3) is 0 Å². The van der Waals surface area contributed by atoms with Crippen LogP contribution < -0.4 is 4.74 Å². The molecule has 3 nitrogen and oxygen atoms in total. The summed E-state index contributed by atoms with van der Waals surface area (Å²) in [6, 6.07) is 7.01. The van der Waals surface area contributed by atoms with Crippen LogP contribution in [-0.2, 0) is 9.84 Å². The highest BCUT2D eigenvalue weighted by atomic mass is 32.2. The first-order valence-corrected chi connectivity index (χ1v) is 14.0. The fourth-order valence-electron chi connectivity index (χ4n) is 8.34. The highest BCUT2D eigenvalue weighted by Crippen LogP contribution is 2.66. The third-order valence-electron chi connectivity index (χ3n) is 9.87. The molecular formula is C26H38O3S. The molecular weight excluding hydrogens is 392 g/mol. The molecule has 4 saturated carbocycles. The highest BCUT2D eigenvalue weighted by molar-refractivity contribution is 7.90. The fraction of sp³-hybridized carbons (Fsp3) is 0.769. The van der Waals surface area contributed by atoms with Crippen LogP contribution in [-0.4, -0.2) is 20.8 Å². The van der Waals surface area contributed by atoms with Crippen molar-refractivity contribution in [1.29, 1.82) is 0 Å². The average Bonchev–Trinajstić information content (AvgIpc) is 3.03. The van der Waals surface area contributed by atoms with Gasteiger partial charge in [0.25, 0.3) is 0 Å². The molecule has 0 aliphatic heterocycles. The molecule has 0 radical (unpaired) electrons. The van der Waals surface area contributed by atoms with Gasteiger partial charge in [0.15, 0.2) is 9.84 Å². The summed E-state index contributed by atoms with van der Waals surface area (Å²) in [6.07, 6.45) is 15.3. The van der Waals surface area contributed by atoms with Crippen LogP contribution in [0, 0.1) is 34.5 Å². The van der Waals surface area contributed by atoms with Crippen molar-refractivity contribution in [2.45, 2.75) is 89.1 Å². The van der Waals surface area contributed by atoms with Crippen LogP contribution in [0.5, 0.6) is 5.75 Å².